The molecule has 0 unspecified atom stereocenters. The van der Waals surface area contributed by atoms with Crippen LogP contribution in [0.3, 0.4) is 0 Å². The molecule has 2 aromatic rings. The van der Waals surface area contributed by atoms with Crippen LogP contribution in [0, 0.1) is 0 Å². The average molecular weight is 286 g/mol. The van der Waals surface area contributed by atoms with Gasteiger partial charge >= 0.3 is 0 Å². The van der Waals surface area contributed by atoms with Crippen molar-refractivity contribution in [2.24, 2.45) is 0 Å². The zero-order chi connectivity index (χ0) is 15.1. The Morgan fingerprint density at radius 2 is 2.10 bits per heavy atom. The summed E-state index contributed by atoms with van der Waals surface area (Å²) >= 11 is 0. The molecule has 21 heavy (non-hydrogen) atoms. The van der Waals surface area contributed by atoms with E-state index in [2.05, 4.69) is 20.8 Å². The Labute approximate surface area is 123 Å². The zero-order valence-corrected chi connectivity index (χ0v) is 12.1. The van der Waals surface area contributed by atoms with E-state index < -0.39 is 0 Å². The molecule has 6 heteroatoms. The summed E-state index contributed by atoms with van der Waals surface area (Å²) in [4.78, 5) is 11.6. The first-order valence-electron chi connectivity index (χ1n) is 6.76. The molecule has 0 bridgehead atoms. The normalized spacial score (nSPS) is 10.2. The summed E-state index contributed by atoms with van der Waals surface area (Å²) in [7, 11) is 1.89. The first kappa shape index (κ1) is 14.9. The molecule has 0 spiro atoms. The van der Waals surface area contributed by atoms with Gasteiger partial charge in [0.05, 0.1) is 0 Å². The van der Waals surface area contributed by atoms with Crippen LogP contribution in [0.15, 0.2) is 36.4 Å². The number of amides is 1. The Balaban J connectivity index is 2.06. The highest BCUT2D eigenvalue weighted by atomic mass is 16.5. The third-order valence-corrected chi connectivity index (χ3v) is 2.71. The van der Waals surface area contributed by atoms with Gasteiger partial charge in [-0.2, -0.15) is 0 Å². The minimum Gasteiger partial charge on any atom is -0.438 e. The number of benzene rings is 1. The van der Waals surface area contributed by atoms with Gasteiger partial charge in [-0.3, -0.25) is 4.79 Å². The van der Waals surface area contributed by atoms with Crippen molar-refractivity contribution in [3.05, 3.63) is 47.7 Å². The maximum atomic E-state index is 11.6. The predicted octanol–water partition coefficient (Wildman–Crippen LogP) is 1.74. The molecule has 1 aromatic carbocycles. The lowest BCUT2D eigenvalue weighted by atomic mass is 10.2. The molecule has 0 atom stereocenters. The van der Waals surface area contributed by atoms with Gasteiger partial charge in [0, 0.05) is 19.2 Å². The van der Waals surface area contributed by atoms with Gasteiger partial charge in [0.2, 0.25) is 5.88 Å². The van der Waals surface area contributed by atoms with Crippen LogP contribution in [0.2, 0.25) is 0 Å². The zero-order valence-electron chi connectivity index (χ0n) is 12.1. The van der Waals surface area contributed by atoms with Crippen molar-refractivity contribution in [2.45, 2.75) is 13.5 Å². The van der Waals surface area contributed by atoms with E-state index in [0.717, 1.165) is 12.1 Å². The summed E-state index contributed by atoms with van der Waals surface area (Å²) in [5.41, 5.74) is 1.38. The topological polar surface area (TPSA) is 76.1 Å². The highest BCUT2D eigenvalue weighted by Crippen LogP contribution is 2.19. The number of carbonyl (C=O) groups excluding carboxylic acids is 1. The lowest BCUT2D eigenvalue weighted by Gasteiger charge is -2.07. The molecule has 0 aliphatic carbocycles. The van der Waals surface area contributed by atoms with E-state index in [9.17, 15) is 4.79 Å². The molecule has 0 aliphatic rings. The summed E-state index contributed by atoms with van der Waals surface area (Å²) < 4.78 is 5.63. The van der Waals surface area contributed by atoms with Gasteiger partial charge in [-0.15, -0.1) is 10.2 Å². The fourth-order valence-electron chi connectivity index (χ4n) is 1.79. The largest absolute Gasteiger partial charge is 0.438 e. The minimum atomic E-state index is -0.243. The molecule has 2 rings (SSSR count). The van der Waals surface area contributed by atoms with Crippen LogP contribution in [0.5, 0.6) is 11.6 Å². The Morgan fingerprint density at radius 3 is 2.76 bits per heavy atom. The number of ether oxygens (including phenoxy) is 1. The summed E-state index contributed by atoms with van der Waals surface area (Å²) in [5.74, 6) is 0.792. The number of nitrogens with one attached hydrogen (secondary N) is 2. The molecule has 0 saturated carbocycles. The molecule has 1 aromatic heterocycles. The van der Waals surface area contributed by atoms with E-state index in [1.807, 2.05) is 38.2 Å². The van der Waals surface area contributed by atoms with Crippen molar-refractivity contribution in [3.8, 4) is 11.6 Å². The molecule has 0 saturated heterocycles. The van der Waals surface area contributed by atoms with E-state index >= 15 is 0 Å². The van der Waals surface area contributed by atoms with E-state index in [1.54, 1.807) is 12.1 Å². The number of hydrogen-bond acceptors (Lipinski definition) is 5. The molecule has 0 fully saturated rings. The van der Waals surface area contributed by atoms with Crippen LogP contribution in [0.25, 0.3) is 0 Å². The maximum Gasteiger partial charge on any atom is 0.271 e. The number of carbonyl (C=O) groups is 1. The Bertz CT molecular complexity index is 599. The van der Waals surface area contributed by atoms with Gasteiger partial charge < -0.3 is 15.4 Å². The Hall–Kier alpha value is -2.47. The monoisotopic (exact) mass is 286 g/mol. The van der Waals surface area contributed by atoms with Crippen molar-refractivity contribution < 1.29 is 9.53 Å². The van der Waals surface area contributed by atoms with Crippen molar-refractivity contribution >= 4 is 5.91 Å². The molecule has 1 amide bonds. The lowest BCUT2D eigenvalue weighted by Crippen LogP contribution is -2.23. The third-order valence-electron chi connectivity index (χ3n) is 2.71. The van der Waals surface area contributed by atoms with E-state index in [0.29, 0.717) is 18.2 Å². The smallest absolute Gasteiger partial charge is 0.271 e. The van der Waals surface area contributed by atoms with Crippen molar-refractivity contribution in [2.75, 3.05) is 13.6 Å². The van der Waals surface area contributed by atoms with Gasteiger partial charge in [-0.1, -0.05) is 12.1 Å². The van der Waals surface area contributed by atoms with Crippen molar-refractivity contribution in [1.29, 1.82) is 0 Å². The molecule has 1 heterocycles. The number of rotatable bonds is 6. The average Bonchev–Trinajstić information content (AvgIpc) is 2.49. The summed E-state index contributed by atoms with van der Waals surface area (Å²) in [5, 5.41) is 13.5. The van der Waals surface area contributed by atoms with Gasteiger partial charge in [-0.05, 0) is 37.7 Å². The first-order valence-corrected chi connectivity index (χ1v) is 6.76. The Morgan fingerprint density at radius 1 is 1.24 bits per heavy atom. The molecule has 2 N–H and O–H groups in total. The summed E-state index contributed by atoms with van der Waals surface area (Å²) in [6, 6.07) is 10.9. The third kappa shape index (κ3) is 4.25. The van der Waals surface area contributed by atoms with E-state index in [4.69, 9.17) is 4.74 Å². The van der Waals surface area contributed by atoms with Crippen molar-refractivity contribution in [3.63, 3.8) is 0 Å². The maximum absolute atomic E-state index is 11.6. The molecule has 0 aliphatic heterocycles. The van der Waals surface area contributed by atoms with E-state index in [-0.39, 0.29) is 11.6 Å². The second kappa shape index (κ2) is 7.35. The van der Waals surface area contributed by atoms with Gasteiger partial charge in [0.1, 0.15) is 5.75 Å². The molecule has 110 valence electrons. The number of hydrogen-bond donors (Lipinski definition) is 2. The highest BCUT2D eigenvalue weighted by molar-refractivity contribution is 5.91. The lowest BCUT2D eigenvalue weighted by molar-refractivity contribution is 0.0949. The van der Waals surface area contributed by atoms with Gasteiger partial charge in [0.15, 0.2) is 5.69 Å². The molecular formula is C15H18N4O2. The molecule has 0 radical (unpaired) electrons. The van der Waals surface area contributed by atoms with Crippen LogP contribution < -0.4 is 15.4 Å². The van der Waals surface area contributed by atoms with Crippen LogP contribution >= 0.6 is 0 Å². The Kier molecular flexibility index (Phi) is 5.22. The summed E-state index contributed by atoms with van der Waals surface area (Å²) in [6.07, 6.45) is 0. The predicted molar refractivity (Wildman–Crippen MR) is 79.3 cm³/mol. The van der Waals surface area contributed by atoms with Crippen molar-refractivity contribution in [1.82, 2.24) is 20.8 Å². The number of aromatic nitrogens is 2. The molecule has 6 nitrogen and oxygen atoms in total. The van der Waals surface area contributed by atoms with Gasteiger partial charge in [-0.25, -0.2) is 0 Å². The fraction of sp³-hybridized carbons (Fsp3) is 0.267. The second-order valence-electron chi connectivity index (χ2n) is 4.40. The molecular weight excluding hydrogens is 268 g/mol. The summed E-state index contributed by atoms with van der Waals surface area (Å²) in [6.45, 7) is 3.16. The second-order valence-corrected chi connectivity index (χ2v) is 4.40. The van der Waals surface area contributed by atoms with Gasteiger partial charge in [0.25, 0.3) is 5.91 Å². The fourth-order valence-corrected chi connectivity index (χ4v) is 1.79. The first-order chi connectivity index (χ1) is 10.2. The number of nitrogens with zero attached hydrogens (tertiary/aromatic N) is 2. The van der Waals surface area contributed by atoms with Crippen LogP contribution in [0.4, 0.5) is 0 Å². The standard InChI is InChI=1S/C15H18N4O2/c1-3-17-15(20)13-7-8-14(19-18-13)21-12-6-4-5-11(9-12)10-16-2/h4-9,16H,3,10H2,1-2H3,(H,17,20). The highest BCUT2D eigenvalue weighted by Gasteiger charge is 2.07. The van der Waals surface area contributed by atoms with Crippen LogP contribution in [0.1, 0.15) is 23.0 Å². The minimum absolute atomic E-state index is 0.243. The quantitative estimate of drug-likeness (QED) is 0.846. The van der Waals surface area contributed by atoms with E-state index in [1.165, 1.54) is 0 Å². The van der Waals surface area contributed by atoms with Crippen LogP contribution in [-0.2, 0) is 6.54 Å². The SMILES string of the molecule is CCNC(=O)c1ccc(Oc2cccc(CNC)c2)nn1. The van der Waals surface area contributed by atoms with Crippen LogP contribution in [-0.4, -0.2) is 29.7 Å².